The van der Waals surface area contributed by atoms with Gasteiger partial charge in [-0.1, -0.05) is 18.2 Å². The molecule has 0 heterocycles. The van der Waals surface area contributed by atoms with E-state index < -0.39 is 5.92 Å². The Hall–Kier alpha value is -1.84. The van der Waals surface area contributed by atoms with E-state index in [0.717, 1.165) is 5.56 Å². The topological polar surface area (TPSA) is 58.2 Å². The Labute approximate surface area is 108 Å². The maximum absolute atomic E-state index is 11.7. The third kappa shape index (κ3) is 3.32. The summed E-state index contributed by atoms with van der Waals surface area (Å²) in [4.78, 5) is 23.4. The van der Waals surface area contributed by atoms with Crippen LogP contribution in [0.2, 0.25) is 0 Å². The Bertz CT molecular complexity index is 439. The lowest BCUT2D eigenvalue weighted by atomic mass is 9.95. The summed E-state index contributed by atoms with van der Waals surface area (Å²) in [5.41, 5.74) is 3.37. The first kappa shape index (κ1) is 14.2. The minimum Gasteiger partial charge on any atom is -0.358 e. The highest BCUT2D eigenvalue weighted by Gasteiger charge is 2.25. The fourth-order valence-electron chi connectivity index (χ4n) is 1.82. The predicted molar refractivity (Wildman–Crippen MR) is 71.2 cm³/mol. The third-order valence-electron chi connectivity index (χ3n) is 3.14. The Morgan fingerprint density at radius 3 is 2.06 bits per heavy atom. The first-order chi connectivity index (χ1) is 8.49. The molecule has 0 spiro atoms. The van der Waals surface area contributed by atoms with Gasteiger partial charge < -0.3 is 10.6 Å². The molecule has 18 heavy (non-hydrogen) atoms. The van der Waals surface area contributed by atoms with E-state index in [1.807, 2.05) is 32.0 Å². The van der Waals surface area contributed by atoms with E-state index in [9.17, 15) is 9.59 Å². The average Bonchev–Trinajstić information content (AvgIpc) is 2.38. The molecule has 0 aromatic heterocycles. The van der Waals surface area contributed by atoms with Gasteiger partial charge in [0.25, 0.3) is 0 Å². The normalized spacial score (nSPS) is 10.3. The van der Waals surface area contributed by atoms with Crippen LogP contribution in [0.5, 0.6) is 0 Å². The number of rotatable bonds is 4. The van der Waals surface area contributed by atoms with Crippen LogP contribution in [0.25, 0.3) is 0 Å². The second-order valence-electron chi connectivity index (χ2n) is 4.40. The van der Waals surface area contributed by atoms with Crippen LogP contribution < -0.4 is 10.6 Å². The van der Waals surface area contributed by atoms with Gasteiger partial charge >= 0.3 is 0 Å². The number of amides is 2. The van der Waals surface area contributed by atoms with Crippen molar-refractivity contribution >= 4 is 11.8 Å². The molecule has 1 aromatic carbocycles. The zero-order chi connectivity index (χ0) is 13.7. The van der Waals surface area contributed by atoms with Gasteiger partial charge in [-0.2, -0.15) is 0 Å². The Morgan fingerprint density at radius 1 is 1.06 bits per heavy atom. The summed E-state index contributed by atoms with van der Waals surface area (Å²) >= 11 is 0. The van der Waals surface area contributed by atoms with Gasteiger partial charge in [0.1, 0.15) is 5.92 Å². The van der Waals surface area contributed by atoms with Crippen LogP contribution in [0.15, 0.2) is 18.2 Å². The van der Waals surface area contributed by atoms with Crippen molar-refractivity contribution in [1.82, 2.24) is 10.6 Å². The monoisotopic (exact) mass is 248 g/mol. The first-order valence-electron chi connectivity index (χ1n) is 5.99. The largest absolute Gasteiger partial charge is 0.358 e. The molecule has 4 nitrogen and oxygen atoms in total. The van der Waals surface area contributed by atoms with Crippen molar-refractivity contribution in [3.05, 3.63) is 34.9 Å². The van der Waals surface area contributed by atoms with Crippen LogP contribution in [0.1, 0.15) is 16.7 Å². The molecule has 0 bridgehead atoms. The summed E-state index contributed by atoms with van der Waals surface area (Å²) in [6, 6.07) is 5.99. The van der Waals surface area contributed by atoms with Crippen molar-refractivity contribution in [1.29, 1.82) is 0 Å². The molecule has 2 amide bonds. The second-order valence-corrected chi connectivity index (χ2v) is 4.40. The van der Waals surface area contributed by atoms with Crippen LogP contribution >= 0.6 is 0 Å². The van der Waals surface area contributed by atoms with Gasteiger partial charge in [0.05, 0.1) is 0 Å². The highest BCUT2D eigenvalue weighted by molar-refractivity contribution is 6.00. The Morgan fingerprint density at radius 2 is 1.61 bits per heavy atom. The van der Waals surface area contributed by atoms with Crippen LogP contribution in [0.3, 0.4) is 0 Å². The smallest absolute Gasteiger partial charge is 0.232 e. The third-order valence-corrected chi connectivity index (χ3v) is 3.14. The van der Waals surface area contributed by atoms with Crippen molar-refractivity contribution in [3.8, 4) is 0 Å². The van der Waals surface area contributed by atoms with Crippen molar-refractivity contribution in [2.24, 2.45) is 5.92 Å². The van der Waals surface area contributed by atoms with Gasteiger partial charge in [0.15, 0.2) is 0 Å². The molecule has 0 aliphatic rings. The van der Waals surface area contributed by atoms with E-state index in [-0.39, 0.29) is 11.8 Å². The minimum absolute atomic E-state index is 0.257. The highest BCUT2D eigenvalue weighted by Crippen LogP contribution is 2.14. The number of hydrogen-bond donors (Lipinski definition) is 2. The number of aryl methyl sites for hydroxylation is 2. The second kappa shape index (κ2) is 6.19. The quantitative estimate of drug-likeness (QED) is 0.780. The molecule has 1 rings (SSSR count). The molecule has 0 atom stereocenters. The van der Waals surface area contributed by atoms with Crippen LogP contribution in [0, 0.1) is 19.8 Å². The maximum Gasteiger partial charge on any atom is 0.232 e. The zero-order valence-corrected chi connectivity index (χ0v) is 11.3. The van der Waals surface area contributed by atoms with Crippen molar-refractivity contribution in [2.75, 3.05) is 14.1 Å². The molecule has 0 fully saturated rings. The molecule has 0 aliphatic carbocycles. The van der Waals surface area contributed by atoms with E-state index in [4.69, 9.17) is 0 Å². The van der Waals surface area contributed by atoms with E-state index in [2.05, 4.69) is 10.6 Å². The fraction of sp³-hybridized carbons (Fsp3) is 0.429. The van der Waals surface area contributed by atoms with E-state index in [1.54, 1.807) is 14.1 Å². The molecule has 2 N–H and O–H groups in total. The lowest BCUT2D eigenvalue weighted by Gasteiger charge is -2.14. The summed E-state index contributed by atoms with van der Waals surface area (Å²) in [6.45, 7) is 4.06. The van der Waals surface area contributed by atoms with E-state index in [1.165, 1.54) is 11.1 Å². The van der Waals surface area contributed by atoms with Crippen molar-refractivity contribution in [3.63, 3.8) is 0 Å². The molecule has 4 heteroatoms. The predicted octanol–water partition coefficient (Wildman–Crippen LogP) is 0.954. The number of nitrogens with one attached hydrogen (secondary N) is 2. The van der Waals surface area contributed by atoms with Gasteiger partial charge in [0.2, 0.25) is 11.8 Å². The molecule has 0 saturated carbocycles. The van der Waals surface area contributed by atoms with Gasteiger partial charge in [0, 0.05) is 14.1 Å². The molecule has 0 radical (unpaired) electrons. The standard InChI is InChI=1S/C14H20N2O2/c1-9-5-6-11(7-10(9)2)8-12(13(17)15-3)14(18)16-4/h5-7,12H,8H2,1-4H3,(H,15,17)(H,16,18). The van der Waals surface area contributed by atoms with Crippen molar-refractivity contribution in [2.45, 2.75) is 20.3 Å². The van der Waals surface area contributed by atoms with E-state index in [0.29, 0.717) is 6.42 Å². The highest BCUT2D eigenvalue weighted by atomic mass is 16.2. The summed E-state index contributed by atoms with van der Waals surface area (Å²) in [6.07, 6.45) is 0.417. The summed E-state index contributed by atoms with van der Waals surface area (Å²) < 4.78 is 0. The van der Waals surface area contributed by atoms with Crippen LogP contribution in [0.4, 0.5) is 0 Å². The summed E-state index contributed by atoms with van der Waals surface area (Å²) in [7, 11) is 3.08. The fourth-order valence-corrected chi connectivity index (χ4v) is 1.82. The molecule has 0 unspecified atom stereocenters. The number of carbonyl (C=O) groups excluding carboxylic acids is 2. The van der Waals surface area contributed by atoms with Gasteiger partial charge in [-0.15, -0.1) is 0 Å². The SMILES string of the molecule is CNC(=O)C(Cc1ccc(C)c(C)c1)C(=O)NC. The molecule has 0 aliphatic heterocycles. The van der Waals surface area contributed by atoms with Gasteiger partial charge in [-0.3, -0.25) is 9.59 Å². The van der Waals surface area contributed by atoms with Gasteiger partial charge in [-0.25, -0.2) is 0 Å². The number of hydrogen-bond acceptors (Lipinski definition) is 2. The molecule has 1 aromatic rings. The molecule has 0 saturated heterocycles. The minimum atomic E-state index is -0.679. The Kier molecular flexibility index (Phi) is 4.89. The lowest BCUT2D eigenvalue weighted by Crippen LogP contribution is -2.40. The maximum atomic E-state index is 11.7. The van der Waals surface area contributed by atoms with Crippen LogP contribution in [-0.4, -0.2) is 25.9 Å². The summed E-state index contributed by atoms with van der Waals surface area (Å²) in [5, 5.41) is 5.05. The first-order valence-corrected chi connectivity index (χ1v) is 5.99. The van der Waals surface area contributed by atoms with E-state index >= 15 is 0 Å². The average molecular weight is 248 g/mol. The zero-order valence-electron chi connectivity index (χ0n) is 11.3. The van der Waals surface area contributed by atoms with Crippen LogP contribution in [-0.2, 0) is 16.0 Å². The van der Waals surface area contributed by atoms with Crippen molar-refractivity contribution < 1.29 is 9.59 Å². The molecular formula is C14H20N2O2. The van der Waals surface area contributed by atoms with Gasteiger partial charge in [-0.05, 0) is 37.0 Å². The Balaban J connectivity index is 2.92. The molecular weight excluding hydrogens is 228 g/mol. The molecule has 98 valence electrons. The lowest BCUT2D eigenvalue weighted by molar-refractivity contribution is -0.134. The number of carbonyl (C=O) groups is 2. The summed E-state index contributed by atoms with van der Waals surface area (Å²) in [5.74, 6) is -1.19. The number of benzene rings is 1.